The maximum absolute atomic E-state index is 12.5. The number of imidazole rings is 1. The molecule has 2 aromatic heterocycles. The van der Waals surface area contributed by atoms with Crippen LogP contribution in [0, 0.1) is 0 Å². The summed E-state index contributed by atoms with van der Waals surface area (Å²) in [6.07, 6.45) is 8.07. The van der Waals surface area contributed by atoms with Crippen molar-refractivity contribution >= 4 is 22.6 Å². The van der Waals surface area contributed by atoms with E-state index in [0.717, 1.165) is 49.0 Å². The molecule has 0 unspecified atom stereocenters. The molecule has 3 N–H and O–H groups in total. The zero-order valence-corrected chi connectivity index (χ0v) is 14.0. The molecule has 1 saturated carbocycles. The fraction of sp³-hybridized carbons (Fsp3) is 0.316. The number of rotatable bonds is 3. The number of anilines is 1. The summed E-state index contributed by atoms with van der Waals surface area (Å²) in [5, 5.41) is 2.91. The molecule has 1 fully saturated rings. The molecule has 6 heteroatoms. The Hall–Kier alpha value is -2.73. The van der Waals surface area contributed by atoms with E-state index in [1.165, 1.54) is 0 Å². The number of nitrogens with one attached hydrogen (secondary N) is 1. The first-order valence-corrected chi connectivity index (χ1v) is 8.65. The number of nitrogens with zero attached hydrogens (tertiary/aromatic N) is 3. The van der Waals surface area contributed by atoms with Gasteiger partial charge in [0.05, 0.1) is 28.5 Å². The molecule has 4 rings (SSSR count). The average Bonchev–Trinajstić information content (AvgIpc) is 3.07. The summed E-state index contributed by atoms with van der Waals surface area (Å²) in [7, 11) is 0. The van der Waals surface area contributed by atoms with Crippen molar-refractivity contribution in [1.29, 1.82) is 0 Å². The van der Waals surface area contributed by atoms with Gasteiger partial charge in [-0.25, -0.2) is 9.97 Å². The number of hydrogen-bond donors (Lipinski definition) is 2. The molecular formula is C19H21N5O. The first-order valence-electron chi connectivity index (χ1n) is 8.65. The van der Waals surface area contributed by atoms with E-state index in [1.54, 1.807) is 12.5 Å². The Kier molecular flexibility index (Phi) is 3.97. The van der Waals surface area contributed by atoms with E-state index in [9.17, 15) is 4.79 Å². The Balaban J connectivity index is 1.53. The van der Waals surface area contributed by atoms with E-state index >= 15 is 0 Å². The maximum Gasteiger partial charge on any atom is 0.244 e. The normalized spacial score (nSPS) is 16.7. The largest absolute Gasteiger partial charge is 0.323 e. The lowest BCUT2D eigenvalue weighted by molar-refractivity contribution is -0.122. The molecular weight excluding hydrogens is 314 g/mol. The van der Waals surface area contributed by atoms with Crippen molar-refractivity contribution in [2.45, 2.75) is 37.6 Å². The minimum atomic E-state index is -0.753. The van der Waals surface area contributed by atoms with E-state index in [0.29, 0.717) is 5.69 Å². The van der Waals surface area contributed by atoms with E-state index in [-0.39, 0.29) is 5.91 Å². The van der Waals surface area contributed by atoms with Crippen molar-refractivity contribution in [3.63, 3.8) is 0 Å². The summed E-state index contributed by atoms with van der Waals surface area (Å²) in [5.74, 6) is 0.640. The van der Waals surface area contributed by atoms with Crippen LogP contribution >= 0.6 is 0 Å². The molecule has 0 atom stereocenters. The molecule has 1 aromatic carbocycles. The van der Waals surface area contributed by atoms with Crippen LogP contribution in [0.4, 0.5) is 5.69 Å². The molecule has 1 amide bonds. The summed E-state index contributed by atoms with van der Waals surface area (Å²) < 4.78 is 1.92. The van der Waals surface area contributed by atoms with Crippen LogP contribution in [0.15, 0.2) is 48.9 Å². The van der Waals surface area contributed by atoms with Crippen molar-refractivity contribution in [2.24, 2.45) is 5.73 Å². The van der Waals surface area contributed by atoms with Crippen LogP contribution in [0.2, 0.25) is 0 Å². The van der Waals surface area contributed by atoms with Crippen molar-refractivity contribution < 1.29 is 4.79 Å². The zero-order valence-electron chi connectivity index (χ0n) is 14.0. The Morgan fingerprint density at radius 2 is 1.88 bits per heavy atom. The molecule has 1 aliphatic carbocycles. The third-order valence-electron chi connectivity index (χ3n) is 4.90. The second kappa shape index (κ2) is 6.29. The molecule has 25 heavy (non-hydrogen) atoms. The van der Waals surface area contributed by atoms with E-state index in [2.05, 4.69) is 15.3 Å². The van der Waals surface area contributed by atoms with Gasteiger partial charge in [-0.3, -0.25) is 9.36 Å². The Morgan fingerprint density at radius 3 is 2.64 bits per heavy atom. The molecule has 6 nitrogen and oxygen atoms in total. The first kappa shape index (κ1) is 15.8. The highest BCUT2D eigenvalue weighted by atomic mass is 16.2. The number of carbonyl (C=O) groups is 1. The second-order valence-electron chi connectivity index (χ2n) is 6.68. The Labute approximate surface area is 146 Å². The zero-order chi connectivity index (χ0) is 17.3. The molecule has 1 aliphatic rings. The van der Waals surface area contributed by atoms with Gasteiger partial charge in [-0.1, -0.05) is 31.4 Å². The molecule has 0 saturated heterocycles. The highest BCUT2D eigenvalue weighted by molar-refractivity contribution is 5.97. The van der Waals surface area contributed by atoms with Crippen LogP contribution < -0.4 is 11.1 Å². The first-order chi connectivity index (χ1) is 12.2. The summed E-state index contributed by atoms with van der Waals surface area (Å²) in [5.41, 5.74) is 8.10. The predicted molar refractivity (Wildman–Crippen MR) is 97.5 cm³/mol. The summed E-state index contributed by atoms with van der Waals surface area (Å²) in [6, 6.07) is 11.6. The van der Waals surface area contributed by atoms with Gasteiger partial charge in [0.1, 0.15) is 12.1 Å². The quantitative estimate of drug-likeness (QED) is 0.770. The van der Waals surface area contributed by atoms with Gasteiger partial charge < -0.3 is 11.1 Å². The minimum Gasteiger partial charge on any atom is -0.323 e. The number of carbonyl (C=O) groups excluding carboxylic acids is 1. The van der Waals surface area contributed by atoms with Gasteiger partial charge in [-0.15, -0.1) is 0 Å². The molecule has 2 heterocycles. The van der Waals surface area contributed by atoms with Gasteiger partial charge >= 0.3 is 0 Å². The lowest BCUT2D eigenvalue weighted by Gasteiger charge is -2.31. The van der Waals surface area contributed by atoms with E-state index in [1.807, 2.05) is 41.0 Å². The lowest BCUT2D eigenvalue weighted by Crippen LogP contribution is -2.52. The highest BCUT2D eigenvalue weighted by Crippen LogP contribution is 2.27. The number of fused-ring (bicyclic) bond motifs is 1. The van der Waals surface area contributed by atoms with Crippen LogP contribution in [0.5, 0.6) is 0 Å². The molecule has 128 valence electrons. The predicted octanol–water partition coefficient (Wildman–Crippen LogP) is 3.02. The van der Waals surface area contributed by atoms with Crippen molar-refractivity contribution in [3.05, 3.63) is 48.9 Å². The van der Waals surface area contributed by atoms with Crippen molar-refractivity contribution in [1.82, 2.24) is 14.5 Å². The maximum atomic E-state index is 12.5. The van der Waals surface area contributed by atoms with Crippen LogP contribution in [0.1, 0.15) is 32.1 Å². The molecule has 3 aromatic rings. The number of benzene rings is 1. The van der Waals surface area contributed by atoms with Crippen LogP contribution in [0.3, 0.4) is 0 Å². The second-order valence-corrected chi connectivity index (χ2v) is 6.68. The lowest BCUT2D eigenvalue weighted by atomic mass is 9.82. The third kappa shape index (κ3) is 3.00. The van der Waals surface area contributed by atoms with Gasteiger partial charge in [0.15, 0.2) is 0 Å². The Bertz CT molecular complexity index is 894. The monoisotopic (exact) mass is 335 g/mol. The summed E-state index contributed by atoms with van der Waals surface area (Å²) in [4.78, 5) is 21.3. The van der Waals surface area contributed by atoms with Crippen molar-refractivity contribution in [3.8, 4) is 5.82 Å². The fourth-order valence-corrected chi connectivity index (χ4v) is 3.41. The van der Waals surface area contributed by atoms with Crippen LogP contribution in [-0.4, -0.2) is 26.0 Å². The van der Waals surface area contributed by atoms with Crippen LogP contribution in [-0.2, 0) is 4.79 Å². The molecule has 0 aliphatic heterocycles. The fourth-order valence-electron chi connectivity index (χ4n) is 3.41. The van der Waals surface area contributed by atoms with Gasteiger partial charge in [-0.2, -0.15) is 0 Å². The number of hydrogen-bond acceptors (Lipinski definition) is 4. The smallest absolute Gasteiger partial charge is 0.244 e. The van der Waals surface area contributed by atoms with Gasteiger partial charge in [0.25, 0.3) is 0 Å². The van der Waals surface area contributed by atoms with Crippen molar-refractivity contribution in [2.75, 3.05) is 5.32 Å². The minimum absolute atomic E-state index is 0.116. The van der Waals surface area contributed by atoms with Gasteiger partial charge in [-0.05, 0) is 37.1 Å². The van der Waals surface area contributed by atoms with E-state index < -0.39 is 5.54 Å². The van der Waals surface area contributed by atoms with Crippen LogP contribution in [0.25, 0.3) is 16.9 Å². The number of nitrogens with two attached hydrogens (primary N) is 1. The average molecular weight is 335 g/mol. The summed E-state index contributed by atoms with van der Waals surface area (Å²) >= 11 is 0. The van der Waals surface area contributed by atoms with Gasteiger partial charge in [0.2, 0.25) is 5.91 Å². The SMILES string of the molecule is NC1(C(=O)Nc2ccc(-n3cnc4ccccc43)nc2)CCCCC1. The number of amides is 1. The Morgan fingerprint density at radius 1 is 1.08 bits per heavy atom. The number of pyridine rings is 1. The van der Waals surface area contributed by atoms with E-state index in [4.69, 9.17) is 5.73 Å². The third-order valence-corrected chi connectivity index (χ3v) is 4.90. The highest BCUT2D eigenvalue weighted by Gasteiger charge is 2.35. The number of para-hydroxylation sites is 2. The standard InChI is InChI=1S/C19H21N5O/c20-19(10-4-1-5-11-19)18(25)23-14-8-9-17(21-12-14)24-13-22-15-6-2-3-7-16(15)24/h2-3,6-9,12-13H,1,4-5,10-11,20H2,(H,23,25). The number of aromatic nitrogens is 3. The topological polar surface area (TPSA) is 85.8 Å². The summed E-state index contributed by atoms with van der Waals surface area (Å²) in [6.45, 7) is 0. The molecule has 0 bridgehead atoms. The van der Waals surface area contributed by atoms with Gasteiger partial charge in [0, 0.05) is 0 Å². The molecule has 0 radical (unpaired) electrons. The molecule has 0 spiro atoms.